The highest BCUT2D eigenvalue weighted by atomic mass is 32.1. The van der Waals surface area contributed by atoms with E-state index in [1.165, 1.54) is 25.7 Å². The van der Waals surface area contributed by atoms with Gasteiger partial charge in [-0.1, -0.05) is 170 Å². The van der Waals surface area contributed by atoms with Crippen LogP contribution in [-0.4, -0.2) is 15.0 Å². The zero-order chi connectivity index (χ0) is 41.0. The van der Waals surface area contributed by atoms with Crippen molar-refractivity contribution in [1.82, 2.24) is 15.0 Å². The Balaban J connectivity index is 0.996. The van der Waals surface area contributed by atoms with Crippen LogP contribution in [0.2, 0.25) is 0 Å². The van der Waals surface area contributed by atoms with Gasteiger partial charge >= 0.3 is 0 Å². The van der Waals surface area contributed by atoms with Crippen molar-refractivity contribution in [1.29, 1.82) is 0 Å². The van der Waals surface area contributed by atoms with Gasteiger partial charge in [0.2, 0.25) is 0 Å². The van der Waals surface area contributed by atoms with E-state index >= 15 is 0 Å². The average Bonchev–Trinajstić information content (AvgIpc) is 3.94. The standard InChI is InChI=1S/C57H35N3OS/c1-4-15-36(16-5-1)41-33-42(37-17-6-2-7-18-37)35-43(34-41)57-59-55(39-19-8-3-9-20-39)58-56(60-57)40-29-27-38(28-30-40)44-31-32-46(53-47-21-10-12-24-49(47)61-54(44)53)45-23-14-26-51-52(45)48-22-11-13-25-50(48)62-51/h1-35H. The first-order valence-electron chi connectivity index (χ1n) is 20.8. The molecule has 9 aromatic carbocycles. The predicted octanol–water partition coefficient (Wildman–Crippen LogP) is 15.8. The minimum atomic E-state index is 0.604. The maximum absolute atomic E-state index is 6.78. The molecule has 0 fully saturated rings. The molecule has 0 aliphatic rings. The number of aromatic nitrogens is 3. The van der Waals surface area contributed by atoms with E-state index in [0.717, 1.165) is 77.6 Å². The number of fused-ring (bicyclic) bond motifs is 6. The smallest absolute Gasteiger partial charge is 0.164 e. The van der Waals surface area contributed by atoms with Gasteiger partial charge in [-0.15, -0.1) is 11.3 Å². The minimum Gasteiger partial charge on any atom is -0.455 e. The SMILES string of the molecule is c1ccc(-c2cc(-c3ccccc3)cc(-c3nc(-c4ccccc4)nc(-c4ccc(-c5ccc(-c6cccc7sc8ccccc8c67)c6c5oc5ccccc56)cc4)n3)c2)cc1. The fourth-order valence-corrected chi connectivity index (χ4v) is 9.91. The predicted molar refractivity (Wildman–Crippen MR) is 258 cm³/mol. The largest absolute Gasteiger partial charge is 0.455 e. The number of rotatable bonds is 7. The molecule has 5 heteroatoms. The number of thiophene rings is 1. The van der Waals surface area contributed by atoms with E-state index < -0.39 is 0 Å². The van der Waals surface area contributed by atoms with Crippen molar-refractivity contribution in [2.45, 2.75) is 0 Å². The van der Waals surface area contributed by atoms with E-state index in [1.54, 1.807) is 0 Å². The molecule has 3 heterocycles. The highest BCUT2D eigenvalue weighted by Crippen LogP contribution is 2.46. The number of hydrogen-bond donors (Lipinski definition) is 0. The zero-order valence-corrected chi connectivity index (χ0v) is 34.2. The summed E-state index contributed by atoms with van der Waals surface area (Å²) >= 11 is 1.84. The molecular formula is C57H35N3OS. The summed E-state index contributed by atoms with van der Waals surface area (Å²) in [4.78, 5) is 15.4. The Kier molecular flexibility index (Phi) is 8.65. The summed E-state index contributed by atoms with van der Waals surface area (Å²) in [6, 6.07) is 74.4. The van der Waals surface area contributed by atoms with E-state index in [9.17, 15) is 0 Å². The van der Waals surface area contributed by atoms with Gasteiger partial charge in [0.05, 0.1) is 0 Å². The molecule has 0 atom stereocenters. The lowest BCUT2D eigenvalue weighted by atomic mass is 9.92. The van der Waals surface area contributed by atoms with Gasteiger partial charge in [0.1, 0.15) is 11.2 Å². The van der Waals surface area contributed by atoms with Crippen LogP contribution in [-0.2, 0) is 0 Å². The second-order valence-corrected chi connectivity index (χ2v) is 16.6. The van der Waals surface area contributed by atoms with E-state index in [1.807, 2.05) is 59.9 Å². The molecule has 62 heavy (non-hydrogen) atoms. The van der Waals surface area contributed by atoms with Crippen molar-refractivity contribution in [2.24, 2.45) is 0 Å². The van der Waals surface area contributed by atoms with Crippen LogP contribution in [0.15, 0.2) is 217 Å². The first kappa shape index (κ1) is 35.9. The number of benzene rings is 9. The van der Waals surface area contributed by atoms with Crippen LogP contribution in [0.5, 0.6) is 0 Å². The molecule has 12 rings (SSSR count). The molecule has 0 bridgehead atoms. The summed E-state index contributed by atoms with van der Waals surface area (Å²) < 4.78 is 9.35. The normalized spacial score (nSPS) is 11.5. The van der Waals surface area contributed by atoms with Crippen molar-refractivity contribution in [3.63, 3.8) is 0 Å². The Morgan fingerprint density at radius 1 is 0.306 bits per heavy atom. The molecule has 0 saturated heterocycles. The molecule has 4 nitrogen and oxygen atoms in total. The fourth-order valence-electron chi connectivity index (χ4n) is 8.78. The summed E-state index contributed by atoms with van der Waals surface area (Å²) in [5.41, 5.74) is 13.4. The van der Waals surface area contributed by atoms with E-state index in [-0.39, 0.29) is 0 Å². The number of para-hydroxylation sites is 1. The molecular weight excluding hydrogens is 775 g/mol. The van der Waals surface area contributed by atoms with Crippen LogP contribution in [0, 0.1) is 0 Å². The van der Waals surface area contributed by atoms with Crippen LogP contribution in [0.3, 0.4) is 0 Å². The minimum absolute atomic E-state index is 0.604. The van der Waals surface area contributed by atoms with Crippen LogP contribution >= 0.6 is 11.3 Å². The van der Waals surface area contributed by atoms with Crippen LogP contribution < -0.4 is 0 Å². The van der Waals surface area contributed by atoms with Gasteiger partial charge in [-0.3, -0.25) is 0 Å². The fraction of sp³-hybridized carbons (Fsp3) is 0. The number of furan rings is 1. The summed E-state index contributed by atoms with van der Waals surface area (Å²) in [5.74, 6) is 1.84. The van der Waals surface area contributed by atoms with Crippen LogP contribution in [0.1, 0.15) is 0 Å². The van der Waals surface area contributed by atoms with Crippen LogP contribution in [0.25, 0.3) is 121 Å². The third-order valence-electron chi connectivity index (χ3n) is 11.7. The van der Waals surface area contributed by atoms with Gasteiger partial charge in [-0.25, -0.2) is 15.0 Å². The third kappa shape index (κ3) is 6.26. The summed E-state index contributed by atoms with van der Waals surface area (Å²) in [7, 11) is 0. The molecule has 0 aliphatic heterocycles. The van der Waals surface area contributed by atoms with Gasteiger partial charge in [0.25, 0.3) is 0 Å². The monoisotopic (exact) mass is 809 g/mol. The molecule has 290 valence electrons. The second-order valence-electron chi connectivity index (χ2n) is 15.5. The van der Waals surface area contributed by atoms with Gasteiger partial charge in [0, 0.05) is 53.2 Å². The Morgan fingerprint density at radius 2 is 0.790 bits per heavy atom. The Labute approximate surface area is 362 Å². The van der Waals surface area contributed by atoms with Gasteiger partial charge < -0.3 is 4.42 Å². The Morgan fingerprint density at radius 3 is 1.47 bits per heavy atom. The maximum Gasteiger partial charge on any atom is 0.164 e. The lowest BCUT2D eigenvalue weighted by molar-refractivity contribution is 0.670. The Bertz CT molecular complexity index is 3560. The lowest BCUT2D eigenvalue weighted by Crippen LogP contribution is -2.00. The second kappa shape index (κ2) is 14.9. The lowest BCUT2D eigenvalue weighted by Gasteiger charge is -2.13. The Hall–Kier alpha value is -7.99. The number of nitrogens with zero attached hydrogens (tertiary/aromatic N) is 3. The topological polar surface area (TPSA) is 51.8 Å². The van der Waals surface area contributed by atoms with Crippen LogP contribution in [0.4, 0.5) is 0 Å². The first-order chi connectivity index (χ1) is 30.7. The molecule has 0 saturated carbocycles. The molecule has 0 unspecified atom stereocenters. The average molecular weight is 810 g/mol. The maximum atomic E-state index is 6.78. The molecule has 0 amide bonds. The summed E-state index contributed by atoms with van der Waals surface area (Å²) in [5, 5.41) is 4.78. The third-order valence-corrected chi connectivity index (χ3v) is 12.9. The molecule has 0 N–H and O–H groups in total. The quantitative estimate of drug-likeness (QED) is 0.161. The molecule has 0 aliphatic carbocycles. The highest BCUT2D eigenvalue weighted by Gasteiger charge is 2.21. The highest BCUT2D eigenvalue weighted by molar-refractivity contribution is 7.25. The molecule has 0 spiro atoms. The molecule has 0 radical (unpaired) electrons. The van der Waals surface area contributed by atoms with E-state index in [2.05, 4.69) is 164 Å². The first-order valence-corrected chi connectivity index (χ1v) is 21.6. The van der Waals surface area contributed by atoms with Gasteiger partial charge in [-0.2, -0.15) is 0 Å². The van der Waals surface area contributed by atoms with Crippen molar-refractivity contribution >= 4 is 53.4 Å². The molecule has 12 aromatic rings. The van der Waals surface area contributed by atoms with Gasteiger partial charge in [0.15, 0.2) is 17.5 Å². The van der Waals surface area contributed by atoms with Crippen molar-refractivity contribution < 1.29 is 4.42 Å². The van der Waals surface area contributed by atoms with Crippen molar-refractivity contribution in [2.75, 3.05) is 0 Å². The van der Waals surface area contributed by atoms with Crippen molar-refractivity contribution in [3.05, 3.63) is 212 Å². The van der Waals surface area contributed by atoms with Crippen molar-refractivity contribution in [3.8, 4) is 78.7 Å². The molecule has 3 aromatic heterocycles. The summed E-state index contributed by atoms with van der Waals surface area (Å²) in [6.45, 7) is 0. The number of hydrogen-bond acceptors (Lipinski definition) is 5. The van der Waals surface area contributed by atoms with E-state index in [4.69, 9.17) is 19.4 Å². The van der Waals surface area contributed by atoms with Gasteiger partial charge in [-0.05, 0) is 81.4 Å². The zero-order valence-electron chi connectivity index (χ0n) is 33.4. The summed E-state index contributed by atoms with van der Waals surface area (Å²) in [6.07, 6.45) is 0. The van der Waals surface area contributed by atoms with E-state index in [0.29, 0.717) is 17.5 Å².